The monoisotopic (exact) mass is 392 g/mol. The molecule has 0 unspecified atom stereocenters. The molecule has 160 valence electrons. The summed E-state index contributed by atoms with van der Waals surface area (Å²) in [5, 5.41) is 9.49. The van der Waals surface area contributed by atoms with Gasteiger partial charge in [-0.1, -0.05) is 25.7 Å². The number of carbonyl (C=O) groups excluding carboxylic acids is 1. The lowest BCUT2D eigenvalue weighted by molar-refractivity contribution is -0.141. The highest BCUT2D eigenvalue weighted by molar-refractivity contribution is 5.78. The van der Waals surface area contributed by atoms with E-state index >= 15 is 0 Å². The van der Waals surface area contributed by atoms with E-state index in [4.69, 9.17) is 4.74 Å². The Hall–Kier alpha value is -0.650. The van der Waals surface area contributed by atoms with E-state index in [0.29, 0.717) is 12.1 Å². The Morgan fingerprint density at radius 1 is 0.857 bits per heavy atom. The van der Waals surface area contributed by atoms with Crippen LogP contribution in [0.2, 0.25) is 0 Å². The Balaban J connectivity index is 1.18. The van der Waals surface area contributed by atoms with Gasteiger partial charge in [-0.05, 0) is 63.2 Å². The van der Waals surface area contributed by atoms with E-state index in [1.54, 1.807) is 0 Å². The molecule has 4 rings (SSSR count). The summed E-state index contributed by atoms with van der Waals surface area (Å²) in [6.07, 6.45) is 14.9. The van der Waals surface area contributed by atoms with Crippen molar-refractivity contribution in [2.45, 2.75) is 95.2 Å². The van der Waals surface area contributed by atoms with Crippen LogP contribution in [0, 0.1) is 11.8 Å². The van der Waals surface area contributed by atoms with Gasteiger partial charge in [0.25, 0.3) is 0 Å². The van der Waals surface area contributed by atoms with E-state index in [0.717, 1.165) is 69.9 Å². The molecule has 1 aliphatic heterocycles. The molecular weight excluding hydrogens is 352 g/mol. The van der Waals surface area contributed by atoms with E-state index in [9.17, 15) is 9.90 Å². The Labute approximate surface area is 170 Å². The van der Waals surface area contributed by atoms with Crippen LogP contribution >= 0.6 is 0 Å². The van der Waals surface area contributed by atoms with Gasteiger partial charge < -0.3 is 19.6 Å². The maximum atomic E-state index is 12.5. The van der Waals surface area contributed by atoms with Crippen LogP contribution in [0.4, 0.5) is 0 Å². The van der Waals surface area contributed by atoms with E-state index in [1.165, 1.54) is 51.4 Å². The highest BCUT2D eigenvalue weighted by atomic mass is 16.5. The first-order chi connectivity index (χ1) is 13.7. The maximum Gasteiger partial charge on any atom is 0.248 e. The minimum absolute atomic E-state index is 0.0438. The topological polar surface area (TPSA) is 53.0 Å². The van der Waals surface area contributed by atoms with E-state index < -0.39 is 0 Å². The van der Waals surface area contributed by atoms with Gasteiger partial charge in [0, 0.05) is 44.4 Å². The molecule has 0 spiro atoms. The van der Waals surface area contributed by atoms with E-state index in [-0.39, 0.29) is 12.5 Å². The lowest BCUT2D eigenvalue weighted by Crippen LogP contribution is -2.56. The summed E-state index contributed by atoms with van der Waals surface area (Å²) in [4.78, 5) is 17.2. The third-order valence-corrected chi connectivity index (χ3v) is 7.94. The number of amides is 1. The molecule has 5 heteroatoms. The Bertz CT molecular complexity index is 490. The molecule has 1 N–H and O–H groups in total. The normalized spacial score (nSPS) is 30.6. The largest absolute Gasteiger partial charge is 0.387 e. The lowest BCUT2D eigenvalue weighted by atomic mass is 9.78. The van der Waals surface area contributed by atoms with Crippen molar-refractivity contribution in [3.63, 3.8) is 0 Å². The molecule has 1 heterocycles. The molecule has 0 aromatic rings. The number of hydrogen-bond acceptors (Lipinski definition) is 4. The summed E-state index contributed by atoms with van der Waals surface area (Å²) in [5.74, 6) is 1.57. The average molecular weight is 393 g/mol. The first-order valence-electron chi connectivity index (χ1n) is 12.0. The fourth-order valence-electron chi connectivity index (χ4n) is 5.87. The predicted molar refractivity (Wildman–Crippen MR) is 110 cm³/mol. The number of carbonyl (C=O) groups is 1. The zero-order chi connectivity index (χ0) is 19.3. The fourth-order valence-corrected chi connectivity index (χ4v) is 5.87. The molecule has 0 aromatic carbocycles. The second-order valence-corrected chi connectivity index (χ2v) is 9.84. The van der Waals surface area contributed by atoms with Crippen LogP contribution < -0.4 is 0 Å². The van der Waals surface area contributed by atoms with Gasteiger partial charge >= 0.3 is 0 Å². The summed E-state index contributed by atoms with van der Waals surface area (Å²) >= 11 is 0. The highest BCUT2D eigenvalue weighted by Gasteiger charge is 2.38. The molecule has 5 nitrogen and oxygen atoms in total. The van der Waals surface area contributed by atoms with Crippen molar-refractivity contribution in [1.82, 2.24) is 9.80 Å². The van der Waals surface area contributed by atoms with Crippen molar-refractivity contribution < 1.29 is 14.6 Å². The number of hydrogen-bond donors (Lipinski definition) is 1. The Kier molecular flexibility index (Phi) is 7.29. The Morgan fingerprint density at radius 3 is 2.11 bits per heavy atom. The molecule has 28 heavy (non-hydrogen) atoms. The van der Waals surface area contributed by atoms with Crippen molar-refractivity contribution in [2.24, 2.45) is 11.8 Å². The zero-order valence-electron chi connectivity index (χ0n) is 17.6. The van der Waals surface area contributed by atoms with Crippen LogP contribution in [-0.2, 0) is 9.53 Å². The second kappa shape index (κ2) is 9.90. The summed E-state index contributed by atoms with van der Waals surface area (Å²) < 4.78 is 5.95. The summed E-state index contributed by atoms with van der Waals surface area (Å²) in [5.41, 5.74) is 0. The predicted octanol–water partition coefficient (Wildman–Crippen LogP) is 3.20. The summed E-state index contributed by atoms with van der Waals surface area (Å²) in [7, 11) is 0. The summed E-state index contributed by atoms with van der Waals surface area (Å²) in [6.45, 7) is 3.83. The van der Waals surface area contributed by atoms with Crippen molar-refractivity contribution in [1.29, 1.82) is 0 Å². The van der Waals surface area contributed by atoms with Gasteiger partial charge in [-0.2, -0.15) is 0 Å². The van der Waals surface area contributed by atoms with Crippen LogP contribution in [0.5, 0.6) is 0 Å². The number of ether oxygens (including phenoxy) is 1. The van der Waals surface area contributed by atoms with Gasteiger partial charge in [-0.3, -0.25) is 4.79 Å². The van der Waals surface area contributed by atoms with Crippen LogP contribution in [0.3, 0.4) is 0 Å². The molecule has 3 aliphatic carbocycles. The van der Waals surface area contributed by atoms with Gasteiger partial charge in [0.05, 0.1) is 0 Å². The number of aliphatic hydroxyl groups is 1. The average Bonchev–Trinajstić information content (AvgIpc) is 2.67. The zero-order valence-corrected chi connectivity index (χ0v) is 17.6. The fraction of sp³-hybridized carbons (Fsp3) is 0.957. The quantitative estimate of drug-likeness (QED) is 0.689. The van der Waals surface area contributed by atoms with Crippen molar-refractivity contribution in [2.75, 3.05) is 32.9 Å². The van der Waals surface area contributed by atoms with Crippen LogP contribution in [0.1, 0.15) is 77.0 Å². The number of aliphatic hydroxyl groups excluding tert-OH is 1. The molecule has 1 amide bonds. The highest BCUT2D eigenvalue weighted by Crippen LogP contribution is 2.35. The third kappa shape index (κ3) is 4.91. The maximum absolute atomic E-state index is 12.5. The number of piperidine rings is 1. The number of rotatable bonds is 8. The van der Waals surface area contributed by atoms with Crippen molar-refractivity contribution in [3.05, 3.63) is 0 Å². The molecule has 0 atom stereocenters. The molecule has 0 radical (unpaired) electrons. The van der Waals surface area contributed by atoms with Crippen molar-refractivity contribution >= 4 is 5.91 Å². The molecule has 1 saturated heterocycles. The summed E-state index contributed by atoms with van der Waals surface area (Å²) in [6, 6.07) is 1.43. The first-order valence-corrected chi connectivity index (χ1v) is 12.0. The minimum atomic E-state index is -0.331. The molecule has 4 fully saturated rings. The standard InChI is InChI=1S/C23H40N2O3/c26-15-23(27)25(20-7-2-1-3-8-20)21-9-11-24(12-10-21)22-13-19(14-22)17-28-16-18-5-4-6-18/h18-22,26H,1-17H2. The van der Waals surface area contributed by atoms with Gasteiger partial charge in [0.15, 0.2) is 0 Å². The van der Waals surface area contributed by atoms with E-state index in [1.807, 2.05) is 0 Å². The molecule has 3 saturated carbocycles. The Morgan fingerprint density at radius 2 is 1.50 bits per heavy atom. The van der Waals surface area contributed by atoms with Gasteiger partial charge in [-0.25, -0.2) is 0 Å². The lowest BCUT2D eigenvalue weighted by Gasteiger charge is -2.48. The number of likely N-dealkylation sites (tertiary alicyclic amines) is 1. The van der Waals surface area contributed by atoms with Crippen LogP contribution in [-0.4, -0.2) is 71.8 Å². The molecular formula is C23H40N2O3. The number of nitrogens with zero attached hydrogens (tertiary/aromatic N) is 2. The SMILES string of the molecule is O=C(CO)N(C1CCCCC1)C1CCN(C2CC(COCC3CCC3)C2)CC1. The first kappa shape index (κ1) is 20.6. The third-order valence-electron chi connectivity index (χ3n) is 7.94. The van der Waals surface area contributed by atoms with Crippen LogP contribution in [0.25, 0.3) is 0 Å². The van der Waals surface area contributed by atoms with Crippen molar-refractivity contribution in [3.8, 4) is 0 Å². The molecule has 4 aliphatic rings. The van der Waals surface area contributed by atoms with Gasteiger partial charge in [-0.15, -0.1) is 0 Å². The van der Waals surface area contributed by atoms with Crippen LogP contribution in [0.15, 0.2) is 0 Å². The van der Waals surface area contributed by atoms with E-state index in [2.05, 4.69) is 9.80 Å². The minimum Gasteiger partial charge on any atom is -0.387 e. The van der Waals surface area contributed by atoms with Gasteiger partial charge in [0.1, 0.15) is 6.61 Å². The molecule has 0 bridgehead atoms. The van der Waals surface area contributed by atoms with Gasteiger partial charge in [0.2, 0.25) is 5.91 Å². The smallest absolute Gasteiger partial charge is 0.248 e. The molecule has 0 aromatic heterocycles. The second-order valence-electron chi connectivity index (χ2n) is 9.84.